The van der Waals surface area contributed by atoms with Crippen molar-refractivity contribution < 1.29 is 57.7 Å². The quantitative estimate of drug-likeness (QED) is 0.279. The number of aliphatic hydroxyl groups excluding tert-OH is 1. The smallest absolute Gasteiger partial charge is 0.545 e. The second-order valence-electron chi connectivity index (χ2n) is 6.91. The molecule has 0 heterocycles. The Bertz CT molecular complexity index is 1170. The zero-order valence-corrected chi connectivity index (χ0v) is 21.5. The van der Waals surface area contributed by atoms with Gasteiger partial charge < -0.3 is 25.1 Å². The Kier molecular flexibility index (Phi) is 10.4. The molecule has 10 heteroatoms. The molecule has 0 spiro atoms. The molecule has 0 aliphatic heterocycles. The van der Waals surface area contributed by atoms with E-state index in [0.29, 0.717) is 30.5 Å². The van der Waals surface area contributed by atoms with Crippen molar-refractivity contribution in [2.45, 2.75) is 15.9 Å². The predicted molar refractivity (Wildman–Crippen MR) is 117 cm³/mol. The minimum absolute atomic E-state index is 0. The van der Waals surface area contributed by atoms with Crippen LogP contribution in [0.15, 0.2) is 82.6 Å². The molecule has 3 rings (SSSR count). The van der Waals surface area contributed by atoms with E-state index in [1.54, 1.807) is 36.4 Å². The number of aliphatic hydroxyl groups is 1. The molecule has 3 aromatic rings. The van der Waals surface area contributed by atoms with Crippen LogP contribution in [0.3, 0.4) is 0 Å². The fraction of sp³-hybridized carbons (Fsp3) is 0.174. The van der Waals surface area contributed by atoms with E-state index < -0.39 is 21.9 Å². The molecule has 0 amide bonds. The number of sulfone groups is 1. The summed E-state index contributed by atoms with van der Waals surface area (Å²) in [5.74, 6) is -0.877. The molecular weight excluding hydrogens is 477 g/mol. The topological polar surface area (TPSA) is 116 Å². The van der Waals surface area contributed by atoms with Gasteiger partial charge in [-0.15, -0.1) is 0 Å². The Hall–Kier alpha value is -1.91. The first-order valence-corrected chi connectivity index (χ1v) is 11.6. The number of carbonyl (C=O) groups is 1. The molecule has 1 atom stereocenters. The maximum atomic E-state index is 12.7. The summed E-state index contributed by atoms with van der Waals surface area (Å²) < 4.78 is 31.0. The van der Waals surface area contributed by atoms with Crippen LogP contribution in [-0.2, 0) is 9.84 Å². The third-order valence-corrected chi connectivity index (χ3v) is 6.67. The van der Waals surface area contributed by atoms with Crippen LogP contribution in [0.1, 0.15) is 22.0 Å². The number of nitrogens with one attached hydrogen (secondary N) is 1. The number of ether oxygens (including phenoxy) is 1. The van der Waals surface area contributed by atoms with Crippen LogP contribution in [0, 0.1) is 0 Å². The first kappa shape index (κ1) is 27.3. The van der Waals surface area contributed by atoms with E-state index in [1.165, 1.54) is 36.4 Å². The molecule has 3 aromatic carbocycles. The van der Waals surface area contributed by atoms with Gasteiger partial charge in [-0.2, -0.15) is 0 Å². The van der Waals surface area contributed by atoms with Gasteiger partial charge in [0.2, 0.25) is 9.84 Å². The second kappa shape index (κ2) is 12.5. The monoisotopic (exact) mass is 497 g/mol. The molecule has 2 N–H and O–H groups in total. The van der Waals surface area contributed by atoms with Crippen LogP contribution in [0.25, 0.3) is 0 Å². The van der Waals surface area contributed by atoms with Crippen molar-refractivity contribution in [2.75, 3.05) is 19.7 Å². The first-order valence-electron chi connectivity index (χ1n) is 9.71. The molecule has 0 aliphatic rings. The fourth-order valence-corrected chi connectivity index (χ4v) is 4.39. The van der Waals surface area contributed by atoms with Gasteiger partial charge in [0.25, 0.3) is 0 Å². The molecule has 0 saturated heterocycles. The number of hydrogen-bond acceptors (Lipinski definition) is 7. The Morgan fingerprint density at radius 1 is 1.03 bits per heavy atom. The summed E-state index contributed by atoms with van der Waals surface area (Å²) in [6.45, 7) is 1.12. The molecular formula is C23H21ClNNaO6S. The Morgan fingerprint density at radius 2 is 1.64 bits per heavy atom. The summed E-state index contributed by atoms with van der Waals surface area (Å²) >= 11 is 5.92. The molecule has 0 aromatic heterocycles. The normalized spacial score (nSPS) is 11.9. The van der Waals surface area contributed by atoms with E-state index >= 15 is 0 Å². The fourth-order valence-electron chi connectivity index (χ4n) is 2.93. The van der Waals surface area contributed by atoms with Crippen LogP contribution < -0.4 is 44.7 Å². The van der Waals surface area contributed by atoms with Gasteiger partial charge in [0.1, 0.15) is 12.4 Å². The Balaban J connectivity index is 0.00000385. The van der Waals surface area contributed by atoms with Crippen LogP contribution in [0.4, 0.5) is 0 Å². The van der Waals surface area contributed by atoms with Gasteiger partial charge in [0.05, 0.1) is 21.9 Å². The average molecular weight is 498 g/mol. The van der Waals surface area contributed by atoms with Gasteiger partial charge >= 0.3 is 29.6 Å². The van der Waals surface area contributed by atoms with E-state index in [1.807, 2.05) is 0 Å². The number of carbonyl (C=O) groups excluding carboxylic acids is 1. The minimum Gasteiger partial charge on any atom is -0.545 e. The van der Waals surface area contributed by atoms with Gasteiger partial charge in [-0.25, -0.2) is 8.42 Å². The van der Waals surface area contributed by atoms with E-state index in [-0.39, 0.29) is 44.9 Å². The Labute approximate surface area is 219 Å². The van der Waals surface area contributed by atoms with Crippen LogP contribution >= 0.6 is 11.6 Å². The molecule has 0 unspecified atom stereocenters. The maximum Gasteiger partial charge on any atom is 1.00 e. The molecule has 7 nitrogen and oxygen atoms in total. The number of carboxylic acids is 1. The number of halogens is 1. The third-order valence-electron chi connectivity index (χ3n) is 4.65. The van der Waals surface area contributed by atoms with Gasteiger partial charge in [-0.3, -0.25) is 0 Å². The zero-order chi connectivity index (χ0) is 23.1. The predicted octanol–water partition coefficient (Wildman–Crippen LogP) is -0.758. The van der Waals surface area contributed by atoms with E-state index in [2.05, 4.69) is 5.32 Å². The largest absolute Gasteiger partial charge is 1.00 e. The average Bonchev–Trinajstić information content (AvgIpc) is 2.79. The first-order chi connectivity index (χ1) is 15.3. The van der Waals surface area contributed by atoms with E-state index in [9.17, 15) is 23.4 Å². The minimum atomic E-state index is -3.78. The number of benzene rings is 3. The van der Waals surface area contributed by atoms with Crippen molar-refractivity contribution in [3.63, 3.8) is 0 Å². The third kappa shape index (κ3) is 7.55. The molecule has 33 heavy (non-hydrogen) atoms. The van der Waals surface area contributed by atoms with E-state index in [0.717, 1.165) is 5.56 Å². The number of hydrogen-bond donors (Lipinski definition) is 2. The maximum absolute atomic E-state index is 12.7. The molecule has 0 fully saturated rings. The molecule has 0 saturated carbocycles. The molecule has 0 aliphatic carbocycles. The summed E-state index contributed by atoms with van der Waals surface area (Å²) in [6, 6.07) is 17.8. The summed E-state index contributed by atoms with van der Waals surface area (Å²) in [4.78, 5) is 10.9. The summed E-state index contributed by atoms with van der Waals surface area (Å²) in [6.07, 6.45) is -0.695. The van der Waals surface area contributed by atoms with Crippen molar-refractivity contribution in [3.05, 3.63) is 88.9 Å². The summed E-state index contributed by atoms with van der Waals surface area (Å²) in [5.41, 5.74) is 0.623. The second-order valence-corrected chi connectivity index (χ2v) is 9.30. The van der Waals surface area contributed by atoms with Crippen molar-refractivity contribution in [1.82, 2.24) is 5.32 Å². The summed E-state index contributed by atoms with van der Waals surface area (Å²) in [5, 5.41) is 24.6. The number of carboxylic acid groups (broad SMARTS) is 1. The van der Waals surface area contributed by atoms with Crippen molar-refractivity contribution >= 4 is 27.4 Å². The Morgan fingerprint density at radius 3 is 2.21 bits per heavy atom. The van der Waals surface area contributed by atoms with Gasteiger partial charge in [0, 0.05) is 18.1 Å². The molecule has 0 bridgehead atoms. The number of rotatable bonds is 10. The van der Waals surface area contributed by atoms with Crippen LogP contribution in [0.2, 0.25) is 5.02 Å². The van der Waals surface area contributed by atoms with Crippen LogP contribution in [-0.4, -0.2) is 39.2 Å². The molecule has 0 radical (unpaired) electrons. The standard InChI is InChI=1S/C23H22ClNO6S.Na/c24-18-3-1-2-17(14-18)22(26)15-25-12-13-31-19-6-10-21(11-7-19)32(29,30)20-8-4-16(5-9-20)23(27)28;/h1-11,14,22,25-26H,12-13,15H2,(H,27,28);/q;+1/p-1/t22-;/m0./s1. The van der Waals surface area contributed by atoms with Crippen molar-refractivity contribution in [2.24, 2.45) is 0 Å². The SMILES string of the molecule is O=C([O-])c1ccc(S(=O)(=O)c2ccc(OCCNC[C@H](O)c3cccc(Cl)c3)cc2)cc1.[Na+]. The zero-order valence-electron chi connectivity index (χ0n) is 17.9. The van der Waals surface area contributed by atoms with Gasteiger partial charge in [-0.05, 0) is 59.7 Å². The molecule has 168 valence electrons. The number of aromatic carboxylic acids is 1. The van der Waals surface area contributed by atoms with E-state index in [4.69, 9.17) is 16.3 Å². The summed E-state index contributed by atoms with van der Waals surface area (Å²) in [7, 11) is -3.78. The van der Waals surface area contributed by atoms with Crippen molar-refractivity contribution in [1.29, 1.82) is 0 Å². The van der Waals surface area contributed by atoms with Gasteiger partial charge in [0.15, 0.2) is 0 Å². The van der Waals surface area contributed by atoms with Gasteiger partial charge in [-0.1, -0.05) is 35.9 Å². The van der Waals surface area contributed by atoms with Crippen LogP contribution in [0.5, 0.6) is 5.75 Å². The van der Waals surface area contributed by atoms with Crippen molar-refractivity contribution in [3.8, 4) is 5.75 Å².